The molecule has 0 aliphatic rings. The van der Waals surface area contributed by atoms with E-state index in [0.717, 1.165) is 11.3 Å². The smallest absolute Gasteiger partial charge is 0.341 e. The Bertz CT molecular complexity index is 832. The molecule has 2 rings (SSSR count). The van der Waals surface area contributed by atoms with E-state index in [-0.39, 0.29) is 28.7 Å². The third-order valence-electron chi connectivity index (χ3n) is 3.29. The van der Waals surface area contributed by atoms with Crippen molar-refractivity contribution in [3.05, 3.63) is 45.3 Å². The molecule has 0 spiro atoms. The summed E-state index contributed by atoms with van der Waals surface area (Å²) in [6, 6.07) is 6.52. The van der Waals surface area contributed by atoms with E-state index in [0.29, 0.717) is 16.3 Å². The Morgan fingerprint density at radius 1 is 1.23 bits per heavy atom. The van der Waals surface area contributed by atoms with Gasteiger partial charge in [-0.05, 0) is 43.7 Å². The fourth-order valence-electron chi connectivity index (χ4n) is 2.13. The number of esters is 1. The van der Waals surface area contributed by atoms with Crippen LogP contribution in [0.25, 0.3) is 0 Å². The minimum absolute atomic E-state index is 0.116. The molecule has 26 heavy (non-hydrogen) atoms. The first-order valence-electron chi connectivity index (χ1n) is 7.62. The molecule has 1 aromatic heterocycles. The predicted octanol–water partition coefficient (Wildman–Crippen LogP) is 3.00. The molecule has 7 nitrogen and oxygen atoms in total. The van der Waals surface area contributed by atoms with Gasteiger partial charge in [0.05, 0.1) is 17.0 Å². The van der Waals surface area contributed by atoms with Gasteiger partial charge in [0, 0.05) is 5.02 Å². The van der Waals surface area contributed by atoms with Crippen molar-refractivity contribution in [1.82, 2.24) is 0 Å². The minimum atomic E-state index is -0.684. The van der Waals surface area contributed by atoms with E-state index in [1.807, 2.05) is 0 Å². The van der Waals surface area contributed by atoms with Gasteiger partial charge < -0.3 is 20.5 Å². The number of hydrogen-bond acceptors (Lipinski definition) is 6. The molecule has 0 aliphatic heterocycles. The summed E-state index contributed by atoms with van der Waals surface area (Å²) < 4.78 is 10.3. The lowest BCUT2D eigenvalue weighted by atomic mass is 10.1. The van der Waals surface area contributed by atoms with Crippen molar-refractivity contribution in [2.24, 2.45) is 5.73 Å². The number of carbonyl (C=O) groups is 3. The number of anilines is 1. The fourth-order valence-corrected chi connectivity index (χ4v) is 3.32. The van der Waals surface area contributed by atoms with Gasteiger partial charge in [0.25, 0.3) is 11.8 Å². The highest BCUT2D eigenvalue weighted by Crippen LogP contribution is 2.33. The highest BCUT2D eigenvalue weighted by Gasteiger charge is 2.25. The van der Waals surface area contributed by atoms with Crippen molar-refractivity contribution in [2.75, 3.05) is 18.5 Å². The molecular formula is C17H17ClN2O5S. The zero-order chi connectivity index (χ0) is 19.3. The Morgan fingerprint density at radius 2 is 1.88 bits per heavy atom. The fraction of sp³-hybridized carbons (Fsp3) is 0.235. The molecule has 2 aromatic rings. The molecular weight excluding hydrogens is 380 g/mol. The van der Waals surface area contributed by atoms with Crippen LogP contribution in [0, 0.1) is 6.92 Å². The number of amides is 2. The van der Waals surface area contributed by atoms with Gasteiger partial charge >= 0.3 is 5.97 Å². The van der Waals surface area contributed by atoms with Crippen LogP contribution in [0.5, 0.6) is 5.75 Å². The monoisotopic (exact) mass is 396 g/mol. The van der Waals surface area contributed by atoms with E-state index in [1.165, 1.54) is 0 Å². The van der Waals surface area contributed by atoms with Gasteiger partial charge in [-0.3, -0.25) is 9.59 Å². The molecule has 0 saturated heterocycles. The quantitative estimate of drug-likeness (QED) is 0.699. The molecule has 0 fully saturated rings. The number of hydrogen-bond donors (Lipinski definition) is 2. The van der Waals surface area contributed by atoms with Gasteiger partial charge in [-0.1, -0.05) is 11.6 Å². The van der Waals surface area contributed by atoms with Crippen molar-refractivity contribution in [3.8, 4) is 5.75 Å². The second-order valence-electron chi connectivity index (χ2n) is 5.14. The third kappa shape index (κ3) is 4.74. The standard InChI is InChI=1S/C17H17ClN2O5S/c1-3-24-17(23)13-9(2)14(15(19)22)26-16(13)20-12(21)8-25-11-6-4-10(18)5-7-11/h4-7H,3,8H2,1-2H3,(H2,19,22)(H,20,21). The van der Waals surface area contributed by atoms with Gasteiger partial charge in [-0.25, -0.2) is 4.79 Å². The van der Waals surface area contributed by atoms with Crippen molar-refractivity contribution in [2.45, 2.75) is 13.8 Å². The van der Waals surface area contributed by atoms with Crippen molar-refractivity contribution >= 4 is 45.7 Å². The summed E-state index contributed by atoms with van der Waals surface area (Å²) in [5.74, 6) is -1.35. The van der Waals surface area contributed by atoms with E-state index >= 15 is 0 Å². The largest absolute Gasteiger partial charge is 0.484 e. The predicted molar refractivity (Wildman–Crippen MR) is 99.1 cm³/mol. The minimum Gasteiger partial charge on any atom is -0.484 e. The van der Waals surface area contributed by atoms with E-state index < -0.39 is 17.8 Å². The molecule has 2 amide bonds. The average Bonchev–Trinajstić information content (AvgIpc) is 2.91. The number of thiophene rings is 1. The molecule has 0 aliphatic carbocycles. The maximum atomic E-state index is 12.2. The molecule has 1 aromatic carbocycles. The molecule has 0 unspecified atom stereocenters. The first-order valence-corrected chi connectivity index (χ1v) is 8.81. The van der Waals surface area contributed by atoms with Gasteiger partial charge in [-0.15, -0.1) is 11.3 Å². The molecule has 1 heterocycles. The molecule has 138 valence electrons. The van der Waals surface area contributed by atoms with Crippen LogP contribution in [0.2, 0.25) is 5.02 Å². The lowest BCUT2D eigenvalue weighted by molar-refractivity contribution is -0.118. The van der Waals surface area contributed by atoms with E-state index in [9.17, 15) is 14.4 Å². The number of nitrogens with one attached hydrogen (secondary N) is 1. The van der Waals surface area contributed by atoms with Crippen LogP contribution in [0.15, 0.2) is 24.3 Å². The second-order valence-corrected chi connectivity index (χ2v) is 6.59. The Labute approximate surface area is 159 Å². The van der Waals surface area contributed by atoms with Crippen LogP contribution < -0.4 is 15.8 Å². The molecule has 0 bridgehead atoms. The summed E-state index contributed by atoms with van der Waals surface area (Å²) in [6.07, 6.45) is 0. The topological polar surface area (TPSA) is 108 Å². The highest BCUT2D eigenvalue weighted by molar-refractivity contribution is 7.18. The Balaban J connectivity index is 2.15. The van der Waals surface area contributed by atoms with Crippen molar-refractivity contribution < 1.29 is 23.9 Å². The molecule has 9 heteroatoms. The number of nitrogens with two attached hydrogens (primary N) is 1. The summed E-state index contributed by atoms with van der Waals surface area (Å²) in [6.45, 7) is 3.11. The lowest BCUT2D eigenvalue weighted by Crippen LogP contribution is -2.21. The van der Waals surface area contributed by atoms with Crippen molar-refractivity contribution in [1.29, 1.82) is 0 Å². The highest BCUT2D eigenvalue weighted by atomic mass is 35.5. The van der Waals surface area contributed by atoms with Gasteiger partial charge in [-0.2, -0.15) is 0 Å². The van der Waals surface area contributed by atoms with Gasteiger partial charge in [0.2, 0.25) is 0 Å². The number of benzene rings is 1. The first kappa shape index (κ1) is 19.7. The molecule has 0 radical (unpaired) electrons. The number of halogens is 1. The summed E-state index contributed by atoms with van der Waals surface area (Å²) >= 11 is 6.70. The first-order chi connectivity index (χ1) is 12.3. The number of rotatable bonds is 7. The summed E-state index contributed by atoms with van der Waals surface area (Å²) in [5, 5.41) is 3.31. The van der Waals surface area contributed by atoms with Gasteiger partial charge in [0.15, 0.2) is 6.61 Å². The lowest BCUT2D eigenvalue weighted by Gasteiger charge is -2.08. The normalized spacial score (nSPS) is 10.3. The maximum absolute atomic E-state index is 12.2. The Morgan fingerprint density at radius 3 is 2.46 bits per heavy atom. The van der Waals surface area contributed by atoms with Crippen LogP contribution in [-0.2, 0) is 9.53 Å². The van der Waals surface area contributed by atoms with Crippen LogP contribution in [0.3, 0.4) is 0 Å². The molecule has 0 atom stereocenters. The summed E-state index contributed by atoms with van der Waals surface area (Å²) in [7, 11) is 0. The summed E-state index contributed by atoms with van der Waals surface area (Å²) in [5.41, 5.74) is 5.81. The number of primary amides is 1. The number of ether oxygens (including phenoxy) is 2. The summed E-state index contributed by atoms with van der Waals surface area (Å²) in [4.78, 5) is 36.0. The van der Waals surface area contributed by atoms with E-state index in [4.69, 9.17) is 26.8 Å². The Kier molecular flexibility index (Phi) is 6.59. The number of carbonyl (C=O) groups excluding carboxylic acids is 3. The SMILES string of the molecule is CCOC(=O)c1c(NC(=O)COc2ccc(Cl)cc2)sc(C(N)=O)c1C. The van der Waals surface area contributed by atoms with Crippen molar-refractivity contribution in [3.63, 3.8) is 0 Å². The molecule has 3 N–H and O–H groups in total. The molecule has 0 saturated carbocycles. The maximum Gasteiger partial charge on any atom is 0.341 e. The second kappa shape index (κ2) is 8.68. The van der Waals surface area contributed by atoms with Gasteiger partial charge in [0.1, 0.15) is 10.8 Å². The van der Waals surface area contributed by atoms with Crippen LogP contribution in [-0.4, -0.2) is 31.0 Å². The van der Waals surface area contributed by atoms with Crippen LogP contribution in [0.1, 0.15) is 32.5 Å². The van der Waals surface area contributed by atoms with Crippen LogP contribution >= 0.6 is 22.9 Å². The Hall–Kier alpha value is -2.58. The van der Waals surface area contributed by atoms with E-state index in [1.54, 1.807) is 38.1 Å². The zero-order valence-corrected chi connectivity index (χ0v) is 15.7. The average molecular weight is 397 g/mol. The van der Waals surface area contributed by atoms with E-state index in [2.05, 4.69) is 5.32 Å². The third-order valence-corrected chi connectivity index (χ3v) is 4.76. The zero-order valence-electron chi connectivity index (χ0n) is 14.1. The van der Waals surface area contributed by atoms with Crippen LogP contribution in [0.4, 0.5) is 5.00 Å².